The summed E-state index contributed by atoms with van der Waals surface area (Å²) in [6.07, 6.45) is 25.6. The summed E-state index contributed by atoms with van der Waals surface area (Å²) in [6.45, 7) is 4.56. The van der Waals surface area contributed by atoms with Crippen LogP contribution >= 0.6 is 0 Å². The smallest absolute Gasteiger partial charge is 0.118 e. The second-order valence-corrected chi connectivity index (χ2v) is 11.7. The zero-order valence-electron chi connectivity index (χ0n) is 27.5. The fourth-order valence-electron chi connectivity index (χ4n) is 5.40. The van der Waals surface area contributed by atoms with Gasteiger partial charge in [0.25, 0.3) is 0 Å². The summed E-state index contributed by atoms with van der Waals surface area (Å²) < 4.78 is 10.8. The number of nitrogens with zero attached hydrogens (tertiary/aromatic N) is 2. The van der Waals surface area contributed by atoms with Gasteiger partial charge in [0.05, 0.1) is 25.6 Å². The van der Waals surface area contributed by atoms with E-state index in [1.54, 1.807) is 14.2 Å². The molecule has 4 nitrogen and oxygen atoms in total. The van der Waals surface area contributed by atoms with Crippen LogP contribution in [0.25, 0.3) is 0 Å². The zero-order chi connectivity index (χ0) is 30.1. The normalized spacial score (nSPS) is 12.1. The van der Waals surface area contributed by atoms with E-state index in [0.717, 1.165) is 59.7 Å². The van der Waals surface area contributed by atoms with Crippen LogP contribution in [0.1, 0.15) is 153 Å². The van der Waals surface area contributed by atoms with Gasteiger partial charge in [0.1, 0.15) is 11.5 Å². The molecule has 0 saturated heterocycles. The van der Waals surface area contributed by atoms with E-state index in [1.807, 2.05) is 24.3 Å². The molecule has 0 aliphatic heterocycles. The molecule has 2 aromatic rings. The third kappa shape index (κ3) is 15.6. The number of unbranched alkanes of at least 4 members (excludes halogenated alkanes) is 16. The average Bonchev–Trinajstić information content (AvgIpc) is 3.03. The first-order valence-electron chi connectivity index (χ1n) is 17.1. The highest BCUT2D eigenvalue weighted by atomic mass is 16.5. The second-order valence-electron chi connectivity index (χ2n) is 11.7. The Hall–Kier alpha value is -2.62. The maximum absolute atomic E-state index is 5.40. The summed E-state index contributed by atoms with van der Waals surface area (Å²) in [5.41, 5.74) is 4.41. The maximum Gasteiger partial charge on any atom is 0.118 e. The van der Waals surface area contributed by atoms with Gasteiger partial charge in [0, 0.05) is 0 Å². The van der Waals surface area contributed by atoms with Gasteiger partial charge in [-0.15, -0.1) is 0 Å². The molecular weight excluding hydrogens is 516 g/mol. The van der Waals surface area contributed by atoms with Crippen molar-refractivity contribution in [1.29, 1.82) is 0 Å². The van der Waals surface area contributed by atoms with Crippen LogP contribution in [0.3, 0.4) is 0 Å². The van der Waals surface area contributed by atoms with Crippen LogP contribution in [0.2, 0.25) is 0 Å². The maximum atomic E-state index is 5.40. The van der Waals surface area contributed by atoms with Crippen LogP contribution in [0.15, 0.2) is 58.7 Å². The molecule has 4 heteroatoms. The summed E-state index contributed by atoms with van der Waals surface area (Å²) in [5.74, 6) is 1.74. The van der Waals surface area contributed by atoms with Crippen molar-refractivity contribution in [2.45, 2.75) is 142 Å². The molecule has 0 aliphatic carbocycles. The molecule has 0 radical (unpaired) electrons. The first-order chi connectivity index (χ1) is 20.7. The van der Waals surface area contributed by atoms with Crippen molar-refractivity contribution in [3.05, 3.63) is 59.7 Å². The van der Waals surface area contributed by atoms with Crippen LogP contribution in [0, 0.1) is 0 Å². The van der Waals surface area contributed by atoms with E-state index in [-0.39, 0.29) is 0 Å². The van der Waals surface area contributed by atoms with E-state index in [4.69, 9.17) is 19.7 Å². The van der Waals surface area contributed by atoms with Crippen LogP contribution in [-0.2, 0) is 0 Å². The van der Waals surface area contributed by atoms with Gasteiger partial charge in [-0.05, 0) is 85.3 Å². The molecule has 0 saturated carbocycles. The van der Waals surface area contributed by atoms with Crippen LogP contribution < -0.4 is 9.47 Å². The third-order valence-corrected chi connectivity index (χ3v) is 8.17. The summed E-state index contributed by atoms with van der Waals surface area (Å²) in [7, 11) is 3.42. The van der Waals surface area contributed by atoms with Crippen molar-refractivity contribution in [3.8, 4) is 11.5 Å². The molecular formula is C38H60N2O2. The Bertz CT molecular complexity index is 898. The lowest BCUT2D eigenvalue weighted by Crippen LogP contribution is -2.04. The molecule has 2 rings (SSSR count). The fraction of sp³-hybridized carbons (Fsp3) is 0.632. The molecule has 0 bridgehead atoms. The number of ether oxygens (including phenoxy) is 2. The number of benzene rings is 2. The van der Waals surface area contributed by atoms with Crippen LogP contribution in [-0.4, -0.2) is 25.6 Å². The lowest BCUT2D eigenvalue weighted by molar-refractivity contribution is 0.414. The summed E-state index contributed by atoms with van der Waals surface area (Å²) in [6, 6.07) is 16.6. The monoisotopic (exact) mass is 576 g/mol. The minimum atomic E-state index is 0.869. The van der Waals surface area contributed by atoms with Gasteiger partial charge in [-0.1, -0.05) is 117 Å². The Balaban J connectivity index is 2.06. The van der Waals surface area contributed by atoms with Crippen LogP contribution in [0.5, 0.6) is 11.5 Å². The fourth-order valence-corrected chi connectivity index (χ4v) is 5.40. The Morgan fingerprint density at radius 1 is 0.429 bits per heavy atom. The minimum absolute atomic E-state index is 0.869. The van der Waals surface area contributed by atoms with Crippen molar-refractivity contribution >= 4 is 11.4 Å². The second kappa shape index (κ2) is 23.9. The van der Waals surface area contributed by atoms with Crippen molar-refractivity contribution in [1.82, 2.24) is 0 Å². The van der Waals surface area contributed by atoms with E-state index in [9.17, 15) is 0 Å². The van der Waals surface area contributed by atoms with Gasteiger partial charge in [0.15, 0.2) is 0 Å². The van der Waals surface area contributed by atoms with E-state index in [1.165, 1.54) is 103 Å². The Morgan fingerprint density at radius 3 is 1.00 bits per heavy atom. The number of methoxy groups -OCH3 is 2. The predicted molar refractivity (Wildman–Crippen MR) is 183 cm³/mol. The standard InChI is InChI=1S/C38H60N2O2/c1-5-7-9-11-13-15-17-19-21-23-37(33-25-29-35(41-3)30-26-33)39-40-38(34-27-31-36(42-4)32-28-34)24-22-20-18-16-14-12-10-8-6-2/h25-32H,5-24H2,1-4H3/b39-37-,40-38-. The van der Waals surface area contributed by atoms with Crippen LogP contribution in [0.4, 0.5) is 0 Å². The molecule has 0 amide bonds. The van der Waals surface area contributed by atoms with Gasteiger partial charge in [-0.3, -0.25) is 0 Å². The molecule has 0 aromatic heterocycles. The van der Waals surface area contributed by atoms with Gasteiger partial charge >= 0.3 is 0 Å². The molecule has 42 heavy (non-hydrogen) atoms. The average molecular weight is 577 g/mol. The molecule has 0 unspecified atom stereocenters. The summed E-state index contributed by atoms with van der Waals surface area (Å²) in [4.78, 5) is 0. The summed E-state index contributed by atoms with van der Waals surface area (Å²) >= 11 is 0. The predicted octanol–water partition coefficient (Wildman–Crippen LogP) is 11.7. The van der Waals surface area contributed by atoms with E-state index in [0.29, 0.717) is 0 Å². The first kappa shape index (κ1) is 35.6. The molecule has 2 aromatic carbocycles. The highest BCUT2D eigenvalue weighted by Gasteiger charge is 2.08. The topological polar surface area (TPSA) is 43.2 Å². The van der Waals surface area contributed by atoms with Gasteiger partial charge < -0.3 is 9.47 Å². The molecule has 0 aliphatic rings. The summed E-state index contributed by atoms with van der Waals surface area (Å²) in [5, 5.41) is 9.85. The lowest BCUT2D eigenvalue weighted by atomic mass is 10.0. The molecule has 0 N–H and O–H groups in total. The Morgan fingerprint density at radius 2 is 0.714 bits per heavy atom. The van der Waals surface area contributed by atoms with Crippen molar-refractivity contribution < 1.29 is 9.47 Å². The highest BCUT2D eigenvalue weighted by Crippen LogP contribution is 2.19. The van der Waals surface area contributed by atoms with Gasteiger partial charge in [-0.2, -0.15) is 10.2 Å². The minimum Gasteiger partial charge on any atom is -0.497 e. The highest BCUT2D eigenvalue weighted by molar-refractivity contribution is 6.03. The largest absolute Gasteiger partial charge is 0.497 e. The number of hydrogen-bond donors (Lipinski definition) is 0. The van der Waals surface area contributed by atoms with Gasteiger partial charge in [0.2, 0.25) is 0 Å². The van der Waals surface area contributed by atoms with Crippen molar-refractivity contribution in [2.75, 3.05) is 14.2 Å². The van der Waals surface area contributed by atoms with Gasteiger partial charge in [-0.25, -0.2) is 0 Å². The quantitative estimate of drug-likeness (QED) is 0.0670. The zero-order valence-corrected chi connectivity index (χ0v) is 27.5. The molecule has 234 valence electrons. The Labute approximate surface area is 258 Å². The number of rotatable bonds is 25. The third-order valence-electron chi connectivity index (χ3n) is 8.17. The van der Waals surface area contributed by atoms with Crippen molar-refractivity contribution in [3.63, 3.8) is 0 Å². The van der Waals surface area contributed by atoms with E-state index < -0.39 is 0 Å². The van der Waals surface area contributed by atoms with E-state index in [2.05, 4.69) is 38.1 Å². The molecule has 0 spiro atoms. The molecule has 0 fully saturated rings. The lowest BCUT2D eigenvalue weighted by Gasteiger charge is -2.10. The SMILES string of the molecule is CCCCCCCCCCC/C(=N/N=C(/CCCCCCCCCCC)c1ccc(OC)cc1)c1ccc(OC)cc1. The Kier molecular flexibility index (Phi) is 20.2. The molecule has 0 heterocycles. The van der Waals surface area contributed by atoms with E-state index >= 15 is 0 Å². The molecule has 0 atom stereocenters. The van der Waals surface area contributed by atoms with Crippen molar-refractivity contribution in [2.24, 2.45) is 10.2 Å². The first-order valence-corrected chi connectivity index (χ1v) is 17.1. The number of hydrogen-bond acceptors (Lipinski definition) is 4.